The Morgan fingerprint density at radius 3 is 3.00 bits per heavy atom. The van der Waals surface area contributed by atoms with Crippen LogP contribution in [0.1, 0.15) is 15.9 Å². The van der Waals surface area contributed by atoms with Crippen molar-refractivity contribution in [3.8, 4) is 0 Å². The first-order chi connectivity index (χ1) is 8.56. The van der Waals surface area contributed by atoms with E-state index in [4.69, 9.17) is 10.5 Å². The van der Waals surface area contributed by atoms with Gasteiger partial charge >= 0.3 is 5.97 Å². The van der Waals surface area contributed by atoms with Crippen molar-refractivity contribution >= 4 is 11.7 Å². The molecule has 5 nitrogen and oxygen atoms in total. The number of nitrogens with two attached hydrogens (primary N) is 1. The van der Waals surface area contributed by atoms with Crippen molar-refractivity contribution in [2.24, 2.45) is 7.05 Å². The van der Waals surface area contributed by atoms with Crippen LogP contribution in [0.25, 0.3) is 0 Å². The van der Waals surface area contributed by atoms with E-state index in [1.807, 2.05) is 0 Å². The highest BCUT2D eigenvalue weighted by molar-refractivity contribution is 5.95. The second-order valence-corrected chi connectivity index (χ2v) is 3.83. The Kier molecular flexibility index (Phi) is 3.27. The van der Waals surface area contributed by atoms with Gasteiger partial charge in [-0.05, 0) is 18.2 Å². The molecule has 0 saturated heterocycles. The summed E-state index contributed by atoms with van der Waals surface area (Å²) in [5.74, 6) is -1.19. The maximum atomic E-state index is 13.0. The fourth-order valence-electron chi connectivity index (χ4n) is 1.48. The van der Waals surface area contributed by atoms with Crippen LogP contribution in [0.15, 0.2) is 30.6 Å². The van der Waals surface area contributed by atoms with Crippen molar-refractivity contribution in [3.05, 3.63) is 47.5 Å². The fraction of sp³-hybridized carbons (Fsp3) is 0.167. The number of carbonyl (C=O) groups is 1. The quantitative estimate of drug-likeness (QED) is 0.661. The summed E-state index contributed by atoms with van der Waals surface area (Å²) < 4.78 is 19.6. The van der Waals surface area contributed by atoms with E-state index in [-0.39, 0.29) is 17.9 Å². The smallest absolute Gasteiger partial charge is 0.340 e. The molecule has 0 radical (unpaired) electrons. The topological polar surface area (TPSA) is 70.1 Å². The lowest BCUT2D eigenvalue weighted by Crippen LogP contribution is -2.08. The van der Waals surface area contributed by atoms with Crippen molar-refractivity contribution in [1.82, 2.24) is 9.78 Å². The second-order valence-electron chi connectivity index (χ2n) is 3.83. The molecule has 94 valence electrons. The number of esters is 1. The zero-order chi connectivity index (χ0) is 13.1. The van der Waals surface area contributed by atoms with E-state index in [9.17, 15) is 9.18 Å². The summed E-state index contributed by atoms with van der Waals surface area (Å²) in [4.78, 5) is 11.7. The molecule has 0 fully saturated rings. The van der Waals surface area contributed by atoms with Gasteiger partial charge in [-0.1, -0.05) is 0 Å². The van der Waals surface area contributed by atoms with Crippen molar-refractivity contribution in [1.29, 1.82) is 0 Å². The number of nitrogens with zero attached hydrogens (tertiary/aromatic N) is 2. The Bertz CT molecular complexity index is 580. The number of halogens is 1. The van der Waals surface area contributed by atoms with E-state index >= 15 is 0 Å². The average molecular weight is 249 g/mol. The van der Waals surface area contributed by atoms with Gasteiger partial charge in [0.25, 0.3) is 0 Å². The number of ether oxygens (including phenoxy) is 1. The Balaban J connectivity index is 2.05. The first-order valence-corrected chi connectivity index (χ1v) is 5.26. The molecule has 0 bridgehead atoms. The van der Waals surface area contributed by atoms with Gasteiger partial charge in [-0.25, -0.2) is 9.18 Å². The minimum absolute atomic E-state index is 0.0268. The molecule has 18 heavy (non-hydrogen) atoms. The predicted octanol–water partition coefficient (Wildman–Crippen LogP) is 1.50. The van der Waals surface area contributed by atoms with E-state index in [2.05, 4.69) is 5.10 Å². The van der Waals surface area contributed by atoms with Gasteiger partial charge in [-0.15, -0.1) is 0 Å². The van der Waals surface area contributed by atoms with Gasteiger partial charge in [0, 0.05) is 24.5 Å². The van der Waals surface area contributed by atoms with Crippen LogP contribution >= 0.6 is 0 Å². The minimum Gasteiger partial charge on any atom is -0.457 e. The highest BCUT2D eigenvalue weighted by atomic mass is 19.1. The number of aryl methyl sites for hydroxylation is 1. The Morgan fingerprint density at radius 1 is 1.56 bits per heavy atom. The zero-order valence-electron chi connectivity index (χ0n) is 9.76. The van der Waals surface area contributed by atoms with E-state index in [1.165, 1.54) is 12.1 Å². The molecule has 0 aliphatic carbocycles. The van der Waals surface area contributed by atoms with Gasteiger partial charge in [0.2, 0.25) is 0 Å². The molecule has 1 heterocycles. The van der Waals surface area contributed by atoms with Crippen molar-refractivity contribution in [3.63, 3.8) is 0 Å². The lowest BCUT2D eigenvalue weighted by Gasteiger charge is -2.05. The lowest BCUT2D eigenvalue weighted by molar-refractivity contribution is 0.0473. The molecule has 0 aliphatic rings. The SMILES string of the molecule is Cn1cc(COC(=O)c2cc(F)ccc2N)cn1. The number of hydrogen-bond acceptors (Lipinski definition) is 4. The maximum absolute atomic E-state index is 13.0. The van der Waals surface area contributed by atoms with Crippen LogP contribution in [0, 0.1) is 5.82 Å². The molecule has 0 saturated carbocycles. The summed E-state index contributed by atoms with van der Waals surface area (Å²) in [6.45, 7) is 0.0721. The number of benzene rings is 1. The highest BCUT2D eigenvalue weighted by Gasteiger charge is 2.12. The molecule has 1 aromatic heterocycles. The van der Waals surface area contributed by atoms with Crippen molar-refractivity contribution < 1.29 is 13.9 Å². The molecule has 0 aliphatic heterocycles. The van der Waals surface area contributed by atoms with Gasteiger partial charge in [0.05, 0.1) is 11.8 Å². The fourth-order valence-corrected chi connectivity index (χ4v) is 1.48. The van der Waals surface area contributed by atoms with Gasteiger partial charge < -0.3 is 10.5 Å². The van der Waals surface area contributed by atoms with E-state index in [0.29, 0.717) is 0 Å². The number of anilines is 1. The summed E-state index contributed by atoms with van der Waals surface area (Å²) >= 11 is 0. The highest BCUT2D eigenvalue weighted by Crippen LogP contribution is 2.15. The first-order valence-electron chi connectivity index (χ1n) is 5.26. The Morgan fingerprint density at radius 2 is 2.33 bits per heavy atom. The van der Waals surface area contributed by atoms with Crippen LogP contribution in [-0.2, 0) is 18.4 Å². The molecule has 0 spiro atoms. The van der Waals surface area contributed by atoms with E-state index in [1.54, 1.807) is 24.1 Å². The van der Waals surface area contributed by atoms with Crippen molar-refractivity contribution in [2.45, 2.75) is 6.61 Å². The van der Waals surface area contributed by atoms with Crippen LogP contribution in [0.3, 0.4) is 0 Å². The minimum atomic E-state index is -0.657. The molecule has 0 atom stereocenters. The third-order valence-corrected chi connectivity index (χ3v) is 2.36. The summed E-state index contributed by atoms with van der Waals surface area (Å²) in [6.07, 6.45) is 3.31. The third kappa shape index (κ3) is 2.65. The number of rotatable bonds is 3. The molecule has 2 N–H and O–H groups in total. The van der Waals surface area contributed by atoms with Gasteiger partial charge in [-0.2, -0.15) is 5.10 Å². The number of nitrogen functional groups attached to an aromatic ring is 1. The molecular formula is C12H12FN3O2. The summed E-state index contributed by atoms with van der Waals surface area (Å²) in [6, 6.07) is 3.57. The van der Waals surface area contributed by atoms with Crippen molar-refractivity contribution in [2.75, 3.05) is 5.73 Å². The monoisotopic (exact) mass is 249 g/mol. The summed E-state index contributed by atoms with van der Waals surface area (Å²) in [7, 11) is 1.76. The van der Waals surface area contributed by atoms with Crippen LogP contribution in [-0.4, -0.2) is 15.7 Å². The first kappa shape index (κ1) is 12.1. The van der Waals surface area contributed by atoms with E-state index in [0.717, 1.165) is 11.6 Å². The van der Waals surface area contributed by atoms with Crippen LogP contribution in [0.4, 0.5) is 10.1 Å². The summed E-state index contributed by atoms with van der Waals surface area (Å²) in [5, 5.41) is 3.94. The maximum Gasteiger partial charge on any atom is 0.340 e. The molecule has 1 aromatic carbocycles. The predicted molar refractivity (Wildman–Crippen MR) is 63.1 cm³/mol. The standard InChI is InChI=1S/C12H12FN3O2/c1-16-6-8(5-15-16)7-18-12(17)10-4-9(13)2-3-11(10)14/h2-6H,7,14H2,1H3. The van der Waals surface area contributed by atoms with Gasteiger partial charge in [-0.3, -0.25) is 4.68 Å². The van der Waals surface area contributed by atoms with Crippen LogP contribution in [0.2, 0.25) is 0 Å². The largest absolute Gasteiger partial charge is 0.457 e. The molecule has 0 unspecified atom stereocenters. The summed E-state index contributed by atoms with van der Waals surface area (Å²) in [5.41, 5.74) is 6.54. The molecule has 2 rings (SSSR count). The van der Waals surface area contributed by atoms with Crippen LogP contribution in [0.5, 0.6) is 0 Å². The van der Waals surface area contributed by atoms with Crippen LogP contribution < -0.4 is 5.73 Å². The number of carbonyl (C=O) groups excluding carboxylic acids is 1. The van der Waals surface area contributed by atoms with E-state index < -0.39 is 11.8 Å². The average Bonchev–Trinajstić information content (AvgIpc) is 2.75. The molecule has 6 heteroatoms. The third-order valence-electron chi connectivity index (χ3n) is 2.36. The van der Waals surface area contributed by atoms with Gasteiger partial charge in [0.1, 0.15) is 12.4 Å². The normalized spacial score (nSPS) is 10.3. The number of hydrogen-bond donors (Lipinski definition) is 1. The molecular weight excluding hydrogens is 237 g/mol. The zero-order valence-corrected chi connectivity index (χ0v) is 9.76. The molecule has 2 aromatic rings. The Hall–Kier alpha value is -2.37. The lowest BCUT2D eigenvalue weighted by atomic mass is 10.2. The Labute approximate surface area is 103 Å². The molecule has 0 amide bonds. The number of aromatic nitrogens is 2. The second kappa shape index (κ2) is 4.87. The van der Waals surface area contributed by atoms with Gasteiger partial charge in [0.15, 0.2) is 0 Å².